The van der Waals surface area contributed by atoms with Crippen molar-refractivity contribution >= 4 is 32.8 Å². The van der Waals surface area contributed by atoms with E-state index in [1.807, 2.05) is 18.9 Å². The van der Waals surface area contributed by atoms with E-state index in [-0.39, 0.29) is 10.4 Å². The molecule has 29 heavy (non-hydrogen) atoms. The molecule has 1 N–H and O–H groups in total. The van der Waals surface area contributed by atoms with Crippen LogP contribution in [0, 0.1) is 12.3 Å². The molecule has 3 saturated carbocycles. The van der Waals surface area contributed by atoms with Crippen molar-refractivity contribution in [2.24, 2.45) is 5.41 Å². The van der Waals surface area contributed by atoms with E-state index in [1.54, 1.807) is 30.3 Å². The molecule has 6 rings (SSSR count). The van der Waals surface area contributed by atoms with Crippen molar-refractivity contribution in [3.63, 3.8) is 0 Å². The Morgan fingerprint density at radius 2 is 1.79 bits per heavy atom. The van der Waals surface area contributed by atoms with Crippen LogP contribution in [0.1, 0.15) is 24.8 Å². The van der Waals surface area contributed by atoms with Gasteiger partial charge < -0.3 is 10.0 Å². The quantitative estimate of drug-likeness (QED) is 0.686. The highest BCUT2D eigenvalue weighted by Crippen LogP contribution is 2.70. The Labute approximate surface area is 167 Å². The zero-order chi connectivity index (χ0) is 20.6. The van der Waals surface area contributed by atoms with Gasteiger partial charge in [-0.1, -0.05) is 17.7 Å². The standard InChI is InChI=1S/C20H20N4O4S/c1-13-3-5-14(6-4-13)29(27,28)24-8-7-15-16(21-12-22-17(15)24)23(2)20-9-19(10-20,11-20)18(25)26/h3-8,12H,9-11H2,1-2H3,(H,25,26). The van der Waals surface area contributed by atoms with Crippen LogP contribution >= 0.6 is 0 Å². The predicted molar refractivity (Wildman–Crippen MR) is 106 cm³/mol. The zero-order valence-electron chi connectivity index (χ0n) is 16.0. The molecule has 150 valence electrons. The maximum absolute atomic E-state index is 13.1. The summed E-state index contributed by atoms with van der Waals surface area (Å²) < 4.78 is 27.4. The van der Waals surface area contributed by atoms with Gasteiger partial charge in [-0.15, -0.1) is 0 Å². The van der Waals surface area contributed by atoms with Gasteiger partial charge in [-0.3, -0.25) is 4.79 Å². The molecule has 0 radical (unpaired) electrons. The summed E-state index contributed by atoms with van der Waals surface area (Å²) >= 11 is 0. The minimum absolute atomic E-state index is 0.192. The number of nitrogens with zero attached hydrogens (tertiary/aromatic N) is 4. The summed E-state index contributed by atoms with van der Waals surface area (Å²) in [5.74, 6) is -0.123. The van der Waals surface area contributed by atoms with Crippen LogP contribution in [-0.2, 0) is 14.8 Å². The third-order valence-corrected chi connectivity index (χ3v) is 8.17. The fraction of sp³-hybridized carbons (Fsp3) is 0.350. The van der Waals surface area contributed by atoms with E-state index in [1.165, 1.54) is 16.5 Å². The van der Waals surface area contributed by atoms with Crippen molar-refractivity contribution in [2.45, 2.75) is 36.6 Å². The second kappa shape index (κ2) is 5.56. The summed E-state index contributed by atoms with van der Waals surface area (Å²) in [5.41, 5.74) is 0.464. The van der Waals surface area contributed by atoms with Gasteiger partial charge in [-0.05, 0) is 44.4 Å². The number of anilines is 1. The Balaban J connectivity index is 1.54. The largest absolute Gasteiger partial charge is 0.481 e. The second-order valence-corrected chi connectivity index (χ2v) is 10.1. The molecule has 3 aliphatic rings. The molecule has 9 heteroatoms. The van der Waals surface area contributed by atoms with Gasteiger partial charge in [-0.2, -0.15) is 0 Å². The molecule has 2 aromatic heterocycles. The first kappa shape index (κ1) is 18.1. The van der Waals surface area contributed by atoms with Gasteiger partial charge >= 0.3 is 5.97 Å². The molecule has 3 aromatic rings. The molecular formula is C20H20N4O4S. The van der Waals surface area contributed by atoms with E-state index in [9.17, 15) is 18.3 Å². The summed E-state index contributed by atoms with van der Waals surface area (Å²) in [6.07, 6.45) is 4.60. The number of aromatic nitrogens is 3. The van der Waals surface area contributed by atoms with Gasteiger partial charge in [0.2, 0.25) is 0 Å². The Morgan fingerprint density at radius 1 is 1.14 bits per heavy atom. The number of rotatable bonds is 5. The lowest BCUT2D eigenvalue weighted by atomic mass is 9.39. The van der Waals surface area contributed by atoms with E-state index in [0.29, 0.717) is 36.1 Å². The van der Waals surface area contributed by atoms with Gasteiger partial charge in [0.25, 0.3) is 10.0 Å². The van der Waals surface area contributed by atoms with E-state index in [2.05, 4.69) is 9.97 Å². The number of carboxylic acid groups (broad SMARTS) is 1. The fourth-order valence-electron chi connectivity index (χ4n) is 4.74. The van der Waals surface area contributed by atoms with E-state index in [4.69, 9.17) is 0 Å². The van der Waals surface area contributed by atoms with Crippen molar-refractivity contribution in [1.29, 1.82) is 0 Å². The molecule has 0 unspecified atom stereocenters. The van der Waals surface area contributed by atoms with Crippen LogP contribution in [0.2, 0.25) is 0 Å². The first-order chi connectivity index (χ1) is 13.7. The maximum atomic E-state index is 13.1. The lowest BCUT2D eigenvalue weighted by molar-refractivity contribution is -0.191. The highest BCUT2D eigenvalue weighted by Gasteiger charge is 2.74. The average Bonchev–Trinajstić information content (AvgIpc) is 3.04. The summed E-state index contributed by atoms with van der Waals surface area (Å²) in [6.45, 7) is 1.90. The Kier molecular flexibility index (Phi) is 3.48. The van der Waals surface area contributed by atoms with Crippen LogP contribution in [0.4, 0.5) is 5.82 Å². The van der Waals surface area contributed by atoms with Crippen LogP contribution in [-0.4, -0.2) is 46.0 Å². The molecule has 8 nitrogen and oxygen atoms in total. The SMILES string of the molecule is Cc1ccc(S(=O)(=O)n2ccc3c(N(C)C45CC(C(=O)O)(C4)C5)ncnc32)cc1. The van der Waals surface area contributed by atoms with Gasteiger partial charge in [-0.25, -0.2) is 22.4 Å². The molecule has 2 heterocycles. The number of hydrogen-bond acceptors (Lipinski definition) is 6. The Bertz CT molecular complexity index is 1240. The van der Waals surface area contributed by atoms with Gasteiger partial charge in [0.15, 0.2) is 5.65 Å². The number of carbonyl (C=O) groups is 1. The van der Waals surface area contributed by atoms with E-state index < -0.39 is 21.4 Å². The van der Waals surface area contributed by atoms with Gasteiger partial charge in [0.05, 0.1) is 15.7 Å². The summed E-state index contributed by atoms with van der Waals surface area (Å²) in [7, 11) is -1.90. The number of aryl methyl sites for hydroxylation is 1. The summed E-state index contributed by atoms with van der Waals surface area (Å²) in [5, 5.41) is 10.00. The molecule has 0 saturated heterocycles. The monoisotopic (exact) mass is 412 g/mol. The van der Waals surface area contributed by atoms with E-state index >= 15 is 0 Å². The van der Waals surface area contributed by atoms with Crippen molar-refractivity contribution in [2.75, 3.05) is 11.9 Å². The molecule has 0 aliphatic heterocycles. The highest BCUT2D eigenvalue weighted by molar-refractivity contribution is 7.90. The molecular weight excluding hydrogens is 392 g/mol. The van der Waals surface area contributed by atoms with Crippen LogP contribution in [0.15, 0.2) is 47.8 Å². The third kappa shape index (κ3) is 2.30. The number of benzene rings is 1. The number of aliphatic carboxylic acids is 1. The molecule has 3 fully saturated rings. The Morgan fingerprint density at radius 3 is 2.41 bits per heavy atom. The first-order valence-electron chi connectivity index (χ1n) is 9.30. The molecule has 0 spiro atoms. The average molecular weight is 412 g/mol. The van der Waals surface area contributed by atoms with Crippen molar-refractivity contribution in [3.8, 4) is 0 Å². The normalized spacial score (nSPS) is 25.3. The first-order valence-corrected chi connectivity index (χ1v) is 10.7. The minimum Gasteiger partial charge on any atom is -0.481 e. The maximum Gasteiger partial charge on any atom is 0.309 e. The van der Waals surface area contributed by atoms with Crippen LogP contribution < -0.4 is 4.90 Å². The third-order valence-electron chi connectivity index (χ3n) is 6.49. The predicted octanol–water partition coefficient (Wildman–Crippen LogP) is 2.42. The van der Waals surface area contributed by atoms with E-state index in [0.717, 1.165) is 5.56 Å². The fourth-order valence-corrected chi connectivity index (χ4v) is 6.04. The molecule has 3 aliphatic carbocycles. The topological polar surface area (TPSA) is 105 Å². The lowest BCUT2D eigenvalue weighted by Gasteiger charge is -2.71. The van der Waals surface area contributed by atoms with Crippen LogP contribution in [0.25, 0.3) is 11.0 Å². The summed E-state index contributed by atoms with van der Waals surface area (Å²) in [6, 6.07) is 8.38. The number of carboxylic acids is 1. The van der Waals surface area contributed by atoms with Crippen molar-refractivity contribution < 1.29 is 18.3 Å². The second-order valence-electron chi connectivity index (χ2n) is 8.26. The van der Waals surface area contributed by atoms with Gasteiger partial charge in [0, 0.05) is 18.8 Å². The van der Waals surface area contributed by atoms with Crippen LogP contribution in [0.3, 0.4) is 0 Å². The zero-order valence-corrected chi connectivity index (χ0v) is 16.8. The lowest BCUT2D eigenvalue weighted by Crippen LogP contribution is -2.76. The molecule has 2 bridgehead atoms. The van der Waals surface area contributed by atoms with Gasteiger partial charge in [0.1, 0.15) is 12.1 Å². The highest BCUT2D eigenvalue weighted by atomic mass is 32.2. The molecule has 0 amide bonds. The number of hydrogen-bond donors (Lipinski definition) is 1. The minimum atomic E-state index is -3.79. The Hall–Kier alpha value is -2.94. The van der Waals surface area contributed by atoms with Crippen molar-refractivity contribution in [1.82, 2.24) is 13.9 Å². The smallest absolute Gasteiger partial charge is 0.309 e. The summed E-state index contributed by atoms with van der Waals surface area (Å²) in [4.78, 5) is 22.2. The van der Waals surface area contributed by atoms with Crippen molar-refractivity contribution in [3.05, 3.63) is 48.4 Å². The van der Waals surface area contributed by atoms with Crippen LogP contribution in [0.5, 0.6) is 0 Å². The molecule has 0 atom stereocenters. The molecule has 1 aromatic carbocycles. The number of fused-ring (bicyclic) bond motifs is 1.